The van der Waals surface area contributed by atoms with Crippen molar-refractivity contribution < 1.29 is 19.2 Å². The zero-order chi connectivity index (χ0) is 33.7. The number of nitrogens with one attached hydrogen (secondary N) is 2. The van der Waals surface area contributed by atoms with Crippen molar-refractivity contribution in [1.29, 1.82) is 0 Å². The molecular formula is C35H47N7O4Si. The molecule has 0 radical (unpaired) electrons. The van der Waals surface area contributed by atoms with Gasteiger partial charge in [0.2, 0.25) is 17.7 Å². The Balaban J connectivity index is 1.43. The number of aromatic nitrogens is 4. The van der Waals surface area contributed by atoms with Crippen LogP contribution in [0.4, 0.5) is 0 Å². The molecule has 47 heavy (non-hydrogen) atoms. The molecule has 12 heteroatoms. The summed E-state index contributed by atoms with van der Waals surface area (Å²) >= 11 is 0. The van der Waals surface area contributed by atoms with Crippen LogP contribution in [-0.4, -0.2) is 81.0 Å². The molecule has 2 N–H and O–H groups in total. The number of carbonyl (C=O) groups excluding carboxylic acids is 4. The third-order valence-electron chi connectivity index (χ3n) is 10.3. The molecule has 4 atom stereocenters. The van der Waals surface area contributed by atoms with Crippen molar-refractivity contribution in [2.75, 3.05) is 12.7 Å². The van der Waals surface area contributed by atoms with Gasteiger partial charge in [0.15, 0.2) is 5.78 Å². The fraction of sp³-hybridized carbons (Fsp3) is 0.571. The Morgan fingerprint density at radius 2 is 1.74 bits per heavy atom. The van der Waals surface area contributed by atoms with E-state index < -0.39 is 14.1 Å². The fourth-order valence-electron chi connectivity index (χ4n) is 7.70. The van der Waals surface area contributed by atoms with E-state index in [0.29, 0.717) is 48.9 Å². The van der Waals surface area contributed by atoms with E-state index in [2.05, 4.69) is 53.2 Å². The third kappa shape index (κ3) is 6.48. The van der Waals surface area contributed by atoms with E-state index in [9.17, 15) is 19.2 Å². The summed E-state index contributed by atoms with van der Waals surface area (Å²) in [6.45, 7) is 12.4. The van der Waals surface area contributed by atoms with Crippen LogP contribution in [0.1, 0.15) is 74.2 Å². The standard InChI is InChI=1S/C35H47N7O4Si/c1-21-33-35(21)15-28(34(46)39-20-47(4,5)6)42(33)30(45)18-41-32-24(11-9-7-8-10-12-29(44)38-19-35)13-25(26-16-36-23(3)37-17-26)14-27(32)31(40-41)22(2)43/h13-14,16-17,21,28,33H,7-12,15,18-20H2,1-6H3,(H,38,44)(H,39,46)/t21-,28-,33+,35+/m0/s1. The SMILES string of the molecule is CC(=O)c1nn2c3c(cc(-c4cnc(C)nc4)cc13)CCCCCCC(=O)NC[C@@]13C[C@@H](C(=O)NC[Si](C)(C)C)N(C(=O)C2)[C@@H]1[C@@H]3C. The first kappa shape index (κ1) is 33.0. The number of amides is 3. The van der Waals surface area contributed by atoms with Crippen molar-refractivity contribution in [3.63, 3.8) is 0 Å². The minimum Gasteiger partial charge on any atom is -0.357 e. The van der Waals surface area contributed by atoms with Gasteiger partial charge in [-0.2, -0.15) is 5.10 Å². The molecule has 3 aromatic rings. The molecule has 3 aliphatic rings. The smallest absolute Gasteiger partial charge is 0.245 e. The average Bonchev–Trinajstić information content (AvgIpc) is 3.29. The first-order valence-electron chi connectivity index (χ1n) is 17.0. The van der Waals surface area contributed by atoms with Crippen molar-refractivity contribution in [3.8, 4) is 11.1 Å². The maximum Gasteiger partial charge on any atom is 0.245 e. The summed E-state index contributed by atoms with van der Waals surface area (Å²) in [5.41, 5.74) is 3.47. The van der Waals surface area contributed by atoms with Crippen molar-refractivity contribution in [2.24, 2.45) is 11.3 Å². The molecule has 4 heterocycles. The normalized spacial score (nSPS) is 25.2. The van der Waals surface area contributed by atoms with E-state index in [1.54, 1.807) is 22.0 Å². The van der Waals surface area contributed by atoms with Gasteiger partial charge in [-0.05, 0) is 61.8 Å². The second-order valence-corrected chi connectivity index (χ2v) is 20.5. The first-order chi connectivity index (χ1) is 22.3. The summed E-state index contributed by atoms with van der Waals surface area (Å²) in [7, 11) is -1.58. The molecule has 6 rings (SSSR count). The lowest BCUT2D eigenvalue weighted by molar-refractivity contribution is -0.140. The summed E-state index contributed by atoms with van der Waals surface area (Å²) in [6, 6.07) is 3.27. The Morgan fingerprint density at radius 3 is 2.43 bits per heavy atom. The van der Waals surface area contributed by atoms with Crippen LogP contribution in [-0.2, 0) is 27.3 Å². The molecule has 1 aliphatic carbocycles. The summed E-state index contributed by atoms with van der Waals surface area (Å²) < 4.78 is 1.68. The molecule has 2 bridgehead atoms. The Morgan fingerprint density at radius 1 is 1.04 bits per heavy atom. The van der Waals surface area contributed by atoms with Crippen LogP contribution in [0.5, 0.6) is 0 Å². The molecule has 3 amide bonds. The van der Waals surface area contributed by atoms with E-state index in [-0.39, 0.29) is 47.4 Å². The van der Waals surface area contributed by atoms with Crippen LogP contribution in [0.3, 0.4) is 0 Å². The van der Waals surface area contributed by atoms with Crippen molar-refractivity contribution in [2.45, 2.75) is 104 Å². The number of piperidine rings is 1. The number of nitrogens with zero attached hydrogens (tertiary/aromatic N) is 5. The number of rotatable bonds is 5. The van der Waals surface area contributed by atoms with Gasteiger partial charge in [-0.1, -0.05) is 39.4 Å². The Hall–Kier alpha value is -3.93. The summed E-state index contributed by atoms with van der Waals surface area (Å²) in [6.07, 6.45) is 9.43. The van der Waals surface area contributed by atoms with E-state index >= 15 is 0 Å². The molecule has 11 nitrogen and oxygen atoms in total. The average molecular weight is 658 g/mol. The van der Waals surface area contributed by atoms with Crippen LogP contribution in [0.2, 0.25) is 19.6 Å². The highest BCUT2D eigenvalue weighted by Crippen LogP contribution is 2.64. The monoisotopic (exact) mass is 657 g/mol. The topological polar surface area (TPSA) is 139 Å². The van der Waals surface area contributed by atoms with Gasteiger partial charge in [0.1, 0.15) is 24.1 Å². The second kappa shape index (κ2) is 12.6. The largest absolute Gasteiger partial charge is 0.357 e. The quantitative estimate of drug-likeness (QED) is 0.309. The lowest BCUT2D eigenvalue weighted by Gasteiger charge is -2.29. The molecule has 0 spiro atoms. The molecule has 2 aromatic heterocycles. The van der Waals surface area contributed by atoms with Crippen molar-refractivity contribution >= 4 is 42.5 Å². The number of hydrogen-bond acceptors (Lipinski definition) is 7. The van der Waals surface area contributed by atoms with Gasteiger partial charge < -0.3 is 15.5 Å². The van der Waals surface area contributed by atoms with Gasteiger partial charge in [0.05, 0.1) is 13.6 Å². The van der Waals surface area contributed by atoms with Crippen LogP contribution in [0.15, 0.2) is 24.5 Å². The van der Waals surface area contributed by atoms with Gasteiger partial charge in [-0.25, -0.2) is 9.97 Å². The van der Waals surface area contributed by atoms with Crippen LogP contribution in [0.25, 0.3) is 22.0 Å². The summed E-state index contributed by atoms with van der Waals surface area (Å²) in [5, 5.41) is 11.8. The van der Waals surface area contributed by atoms with E-state index in [1.807, 2.05) is 13.0 Å². The number of aryl methyl sites for hydroxylation is 2. The zero-order valence-electron chi connectivity index (χ0n) is 28.5. The van der Waals surface area contributed by atoms with Gasteiger partial charge in [0, 0.05) is 60.9 Å². The molecule has 1 aromatic carbocycles. The fourth-order valence-corrected chi connectivity index (χ4v) is 8.40. The molecule has 1 saturated heterocycles. The Labute approximate surface area is 277 Å². The first-order valence-corrected chi connectivity index (χ1v) is 20.7. The zero-order valence-corrected chi connectivity index (χ0v) is 29.5. The van der Waals surface area contributed by atoms with Gasteiger partial charge in [0.25, 0.3) is 0 Å². The van der Waals surface area contributed by atoms with Crippen LogP contribution in [0, 0.1) is 18.3 Å². The van der Waals surface area contributed by atoms with E-state index in [0.717, 1.165) is 47.9 Å². The Bertz CT molecular complexity index is 1730. The number of hydrogen-bond donors (Lipinski definition) is 2. The maximum atomic E-state index is 14.4. The highest BCUT2D eigenvalue weighted by Gasteiger charge is 2.72. The predicted octanol–water partition coefficient (Wildman–Crippen LogP) is 4.23. The predicted molar refractivity (Wildman–Crippen MR) is 182 cm³/mol. The minimum absolute atomic E-state index is 0.0256. The number of benzene rings is 1. The minimum atomic E-state index is -1.58. The number of Topliss-reactive ketones (excluding diaryl/α,β-unsaturated/α-hetero) is 1. The lowest BCUT2D eigenvalue weighted by atomic mass is 9.95. The third-order valence-corrected chi connectivity index (χ3v) is 11.6. The molecule has 1 saturated carbocycles. The Kier molecular flexibility index (Phi) is 8.84. The van der Waals surface area contributed by atoms with Crippen LogP contribution < -0.4 is 10.6 Å². The van der Waals surface area contributed by atoms with E-state index in [1.165, 1.54) is 6.92 Å². The lowest BCUT2D eigenvalue weighted by Crippen LogP contribution is -2.52. The molecule has 2 aliphatic heterocycles. The van der Waals surface area contributed by atoms with Crippen molar-refractivity contribution in [3.05, 3.63) is 41.6 Å². The van der Waals surface area contributed by atoms with E-state index in [4.69, 9.17) is 5.10 Å². The molecule has 250 valence electrons. The van der Waals surface area contributed by atoms with Gasteiger partial charge >= 0.3 is 0 Å². The molecule has 0 unspecified atom stereocenters. The highest BCUT2D eigenvalue weighted by atomic mass is 28.3. The van der Waals surface area contributed by atoms with Crippen LogP contribution >= 0.6 is 0 Å². The maximum absolute atomic E-state index is 14.4. The number of carbonyl (C=O) groups is 4. The van der Waals surface area contributed by atoms with Crippen molar-refractivity contribution in [1.82, 2.24) is 35.3 Å². The van der Waals surface area contributed by atoms with Gasteiger partial charge in [-0.15, -0.1) is 0 Å². The molecular weight excluding hydrogens is 611 g/mol. The second-order valence-electron chi connectivity index (χ2n) is 15.1. The molecule has 2 fully saturated rings. The van der Waals surface area contributed by atoms with Gasteiger partial charge in [-0.3, -0.25) is 23.9 Å². The summed E-state index contributed by atoms with van der Waals surface area (Å²) in [5.74, 6) is 0.322. The number of ketones is 1. The highest BCUT2D eigenvalue weighted by molar-refractivity contribution is 6.76. The summed E-state index contributed by atoms with van der Waals surface area (Å²) in [4.78, 5) is 64.5.